The number of carbonyl (C=O) groups is 1. The zero-order chi connectivity index (χ0) is 12.2. The van der Waals surface area contributed by atoms with Gasteiger partial charge in [-0.05, 0) is 6.20 Å². The summed E-state index contributed by atoms with van der Waals surface area (Å²) in [6.07, 6.45) is 2.11. The first-order valence-corrected chi connectivity index (χ1v) is 5.55. The van der Waals surface area contributed by atoms with Gasteiger partial charge in [-0.1, -0.05) is 23.7 Å². The fraction of sp³-hybridized carbons (Fsp3) is 0.250. The van der Waals surface area contributed by atoms with Gasteiger partial charge in [0, 0.05) is 52.8 Å². The van der Waals surface area contributed by atoms with E-state index in [0.29, 0.717) is 22.8 Å². The van der Waals surface area contributed by atoms with E-state index in [9.17, 15) is 4.79 Å². The summed E-state index contributed by atoms with van der Waals surface area (Å²) in [6, 6.07) is 1.66. The van der Waals surface area contributed by atoms with Gasteiger partial charge in [0.05, 0.1) is 0 Å². The van der Waals surface area contributed by atoms with Crippen LogP contribution in [0, 0.1) is 54.2 Å². The number of hydrogen-bond donors (Lipinski definition) is 1. The molecule has 0 spiro atoms. The van der Waals surface area contributed by atoms with Gasteiger partial charge in [0.15, 0.2) is 10.8 Å². The Hall–Kier alpha value is -0.399. The van der Waals surface area contributed by atoms with Crippen molar-refractivity contribution < 1.29 is 50.7 Å². The van der Waals surface area contributed by atoms with E-state index in [1.54, 1.807) is 16.8 Å². The number of halogens is 1. The number of carboxylic acid groups (broad SMARTS) is 1. The quantitative estimate of drug-likeness (QED) is 0.734. The zero-order valence-electron chi connectivity index (χ0n) is 10.5. The summed E-state index contributed by atoms with van der Waals surface area (Å²) in [4.78, 5) is 15.3. The van der Waals surface area contributed by atoms with Crippen LogP contribution in [-0.4, -0.2) is 25.7 Å². The first-order chi connectivity index (χ1) is 8.08. The van der Waals surface area contributed by atoms with E-state index in [2.05, 4.69) is 10.1 Å². The molecule has 7 heteroatoms. The molecule has 0 aliphatic heterocycles. The molecule has 0 amide bonds. The normalized spacial score (nSPS) is 16.7. The third kappa shape index (κ3) is 2.60. The van der Waals surface area contributed by atoms with Crippen LogP contribution < -0.4 is 0 Å². The smallest absolute Gasteiger partial charge is 0.292 e. The van der Waals surface area contributed by atoms with Crippen molar-refractivity contribution in [3.63, 3.8) is 0 Å². The van der Waals surface area contributed by atoms with E-state index < -0.39 is 11.9 Å². The molecule has 1 atom stereocenters. The molecule has 3 rings (SSSR count). The maximum atomic E-state index is 11.2. The zero-order valence-corrected chi connectivity index (χ0v) is 14.5. The Morgan fingerprint density at radius 2 is 2.32 bits per heavy atom. The molecule has 1 unspecified atom stereocenters. The second kappa shape index (κ2) is 5.93. The molecule has 1 aliphatic rings. The van der Waals surface area contributed by atoms with Gasteiger partial charge in [0.2, 0.25) is 0 Å². The van der Waals surface area contributed by atoms with E-state index in [-0.39, 0.29) is 48.3 Å². The van der Waals surface area contributed by atoms with E-state index in [1.165, 1.54) is 0 Å². The van der Waals surface area contributed by atoms with Crippen LogP contribution in [0.5, 0.6) is 0 Å². The molecule has 0 radical (unpaired) electrons. The Kier molecular flexibility index (Phi) is 5.20. The van der Waals surface area contributed by atoms with E-state index in [0.717, 1.165) is 11.6 Å². The monoisotopic (exact) mass is 407 g/mol. The van der Waals surface area contributed by atoms with Crippen molar-refractivity contribution in [1.82, 2.24) is 14.6 Å². The molecule has 2 aromatic heterocycles. The number of nitrogens with zero attached hydrogens (tertiary/aromatic N) is 3. The Bertz CT molecular complexity index is 629. The molecular formula is C12H12ClN3NdO2-2. The minimum Gasteiger partial charge on any atom is -0.482 e. The summed E-state index contributed by atoms with van der Waals surface area (Å²) in [5, 5.41) is 13.7. The molecule has 19 heavy (non-hydrogen) atoms. The minimum atomic E-state index is -0.831. The van der Waals surface area contributed by atoms with Gasteiger partial charge in [-0.3, -0.25) is 9.78 Å². The Morgan fingerprint density at radius 1 is 1.63 bits per heavy atom. The van der Waals surface area contributed by atoms with E-state index in [1.807, 2.05) is 6.92 Å². The summed E-state index contributed by atoms with van der Waals surface area (Å²) in [6.45, 7) is 1.91. The number of fused-ring (bicyclic) bond motifs is 3. The third-order valence-corrected chi connectivity index (χ3v) is 3.25. The standard InChI is InChI=1S/C11H9ClN3O2.CH3.Nd/c1-5-2-6(11(16)17)7-4-13-9-3-8(12)14-15(9)10(5)7;;/h3-4,6H,2H2,1H3,(H,16,17);1H3;/q2*-1;. The molecule has 0 saturated carbocycles. The van der Waals surface area contributed by atoms with Crippen molar-refractivity contribution in [2.24, 2.45) is 0 Å². The van der Waals surface area contributed by atoms with Gasteiger partial charge < -0.3 is 12.5 Å². The van der Waals surface area contributed by atoms with Gasteiger partial charge in [-0.15, -0.1) is 12.5 Å². The second-order valence-electron chi connectivity index (χ2n) is 4.17. The summed E-state index contributed by atoms with van der Waals surface area (Å²) >= 11 is 5.83. The molecule has 100 valence electrons. The number of rotatable bonds is 1. The molecule has 0 bridgehead atoms. The fourth-order valence-electron chi connectivity index (χ4n) is 2.33. The van der Waals surface area contributed by atoms with Gasteiger partial charge in [0.25, 0.3) is 5.97 Å². The Labute approximate surface area is 148 Å². The summed E-state index contributed by atoms with van der Waals surface area (Å²) in [5.41, 5.74) is 2.18. The molecule has 5 nitrogen and oxygen atoms in total. The van der Waals surface area contributed by atoms with Crippen LogP contribution in [0.15, 0.2) is 12.3 Å². The Morgan fingerprint density at radius 3 is 2.95 bits per heavy atom. The molecular weight excluding hydrogens is 398 g/mol. The predicted octanol–water partition coefficient (Wildman–Crippen LogP) is 2.35. The summed E-state index contributed by atoms with van der Waals surface area (Å²) in [5.74, 6) is -0.355. The van der Waals surface area contributed by atoms with Crippen LogP contribution in [-0.2, 0) is 4.79 Å². The number of hydrogen-bond acceptors (Lipinski definition) is 3. The van der Waals surface area contributed by atoms with Crippen molar-refractivity contribution in [3.8, 4) is 0 Å². The first-order valence-electron chi connectivity index (χ1n) is 5.17. The van der Waals surface area contributed by atoms with Crippen LogP contribution in [0.25, 0.3) is 5.65 Å². The molecule has 0 aromatic carbocycles. The van der Waals surface area contributed by atoms with Gasteiger partial charge in [-0.2, -0.15) is 11.0 Å². The minimum absolute atomic E-state index is 0. The SMILES string of the molecule is C[C-]1CC(C(=O)O)c2cnc3cc(Cl)nn3c21.[CH3-].[Nd]. The van der Waals surface area contributed by atoms with Crippen molar-refractivity contribution in [2.45, 2.75) is 19.3 Å². The average Bonchev–Trinajstić information content (AvgIpc) is 2.77. The van der Waals surface area contributed by atoms with Crippen molar-refractivity contribution in [3.05, 3.63) is 42.0 Å². The third-order valence-electron chi connectivity index (χ3n) is 3.07. The predicted molar refractivity (Wildman–Crippen MR) is 67.4 cm³/mol. The molecule has 1 N–H and O–H groups in total. The second-order valence-corrected chi connectivity index (χ2v) is 4.56. The maximum absolute atomic E-state index is 11.2. The van der Waals surface area contributed by atoms with Crippen LogP contribution in [0.4, 0.5) is 0 Å². The summed E-state index contributed by atoms with van der Waals surface area (Å²) < 4.78 is 1.62. The summed E-state index contributed by atoms with van der Waals surface area (Å²) in [7, 11) is 0. The number of aliphatic carboxylic acids is 1. The van der Waals surface area contributed by atoms with Crippen LogP contribution >= 0.6 is 11.6 Å². The Balaban J connectivity index is 0.000000902. The van der Waals surface area contributed by atoms with Crippen molar-refractivity contribution in [1.29, 1.82) is 0 Å². The molecule has 2 heterocycles. The van der Waals surface area contributed by atoms with Crippen LogP contribution in [0.3, 0.4) is 0 Å². The van der Waals surface area contributed by atoms with Crippen LogP contribution in [0.1, 0.15) is 30.5 Å². The number of aromatic nitrogens is 3. The number of carboxylic acids is 1. The molecule has 1 aliphatic carbocycles. The fourth-order valence-corrected chi connectivity index (χ4v) is 2.51. The van der Waals surface area contributed by atoms with Gasteiger partial charge in [-0.25, -0.2) is 4.52 Å². The molecule has 2 aromatic rings. The molecule has 0 saturated heterocycles. The van der Waals surface area contributed by atoms with Crippen molar-refractivity contribution >= 4 is 23.2 Å². The van der Waals surface area contributed by atoms with Crippen molar-refractivity contribution in [2.75, 3.05) is 0 Å². The van der Waals surface area contributed by atoms with Gasteiger partial charge in [0.1, 0.15) is 0 Å². The van der Waals surface area contributed by atoms with E-state index >= 15 is 0 Å². The topological polar surface area (TPSA) is 67.5 Å². The van der Waals surface area contributed by atoms with Gasteiger partial charge >= 0.3 is 0 Å². The largest absolute Gasteiger partial charge is 0.482 e. The van der Waals surface area contributed by atoms with E-state index in [4.69, 9.17) is 16.7 Å². The average molecular weight is 410 g/mol. The first kappa shape index (κ1) is 16.7. The molecule has 0 fully saturated rings. The maximum Gasteiger partial charge on any atom is 0.292 e. The van der Waals surface area contributed by atoms with Crippen LogP contribution in [0.2, 0.25) is 5.15 Å².